The highest BCUT2D eigenvalue weighted by Crippen LogP contribution is 2.28. The Labute approximate surface area is 102 Å². The summed E-state index contributed by atoms with van der Waals surface area (Å²) in [4.78, 5) is 12.0. The molecule has 0 bridgehead atoms. The van der Waals surface area contributed by atoms with Gasteiger partial charge in [-0.1, -0.05) is 6.92 Å². The minimum Gasteiger partial charge on any atom is -0.352 e. The molecule has 0 aliphatic heterocycles. The van der Waals surface area contributed by atoms with E-state index in [9.17, 15) is 4.79 Å². The van der Waals surface area contributed by atoms with Crippen molar-refractivity contribution in [1.82, 2.24) is 15.5 Å². The first-order chi connectivity index (χ1) is 8.16. The Morgan fingerprint density at radius 3 is 2.76 bits per heavy atom. The number of nitrogens with zero attached hydrogens (tertiary/aromatic N) is 1. The SMILES string of the molecule is Cc1[nH]ncc1CNC(=O)C1CCC(C)CC1. The van der Waals surface area contributed by atoms with Crippen molar-refractivity contribution >= 4 is 5.91 Å². The Morgan fingerprint density at radius 2 is 2.18 bits per heavy atom. The first kappa shape index (κ1) is 12.1. The quantitative estimate of drug-likeness (QED) is 0.843. The van der Waals surface area contributed by atoms with Crippen molar-refractivity contribution in [2.45, 2.75) is 46.1 Å². The van der Waals surface area contributed by atoms with E-state index < -0.39 is 0 Å². The fraction of sp³-hybridized carbons (Fsp3) is 0.692. The van der Waals surface area contributed by atoms with Gasteiger partial charge in [-0.2, -0.15) is 5.10 Å². The number of hydrogen-bond donors (Lipinski definition) is 2. The number of H-pyrrole nitrogens is 1. The van der Waals surface area contributed by atoms with Crippen LogP contribution < -0.4 is 5.32 Å². The highest BCUT2D eigenvalue weighted by molar-refractivity contribution is 5.78. The second kappa shape index (κ2) is 5.34. The highest BCUT2D eigenvalue weighted by Gasteiger charge is 2.23. The fourth-order valence-corrected chi connectivity index (χ4v) is 2.40. The van der Waals surface area contributed by atoms with Crippen LogP contribution in [0.1, 0.15) is 43.9 Å². The van der Waals surface area contributed by atoms with E-state index in [-0.39, 0.29) is 11.8 Å². The van der Waals surface area contributed by atoms with Crippen LogP contribution in [0, 0.1) is 18.8 Å². The Balaban J connectivity index is 1.80. The normalized spacial score (nSPS) is 24.6. The average molecular weight is 235 g/mol. The number of carbonyl (C=O) groups is 1. The highest BCUT2D eigenvalue weighted by atomic mass is 16.1. The molecule has 2 rings (SSSR count). The molecule has 1 amide bonds. The molecule has 17 heavy (non-hydrogen) atoms. The smallest absolute Gasteiger partial charge is 0.223 e. The lowest BCUT2D eigenvalue weighted by Crippen LogP contribution is -2.32. The molecule has 2 N–H and O–H groups in total. The van der Waals surface area contributed by atoms with Crippen LogP contribution in [0.25, 0.3) is 0 Å². The predicted molar refractivity (Wildman–Crippen MR) is 66.3 cm³/mol. The monoisotopic (exact) mass is 235 g/mol. The number of amides is 1. The summed E-state index contributed by atoms with van der Waals surface area (Å²) in [5, 5.41) is 9.83. The standard InChI is InChI=1S/C13H21N3O/c1-9-3-5-11(6-4-9)13(17)14-7-12-8-15-16-10(12)2/h8-9,11H,3-7H2,1-2H3,(H,14,17)(H,15,16). The van der Waals surface area contributed by atoms with Crippen LogP contribution in [0.4, 0.5) is 0 Å². The van der Waals surface area contributed by atoms with Crippen molar-refractivity contribution in [2.24, 2.45) is 11.8 Å². The van der Waals surface area contributed by atoms with Crippen molar-refractivity contribution in [3.63, 3.8) is 0 Å². The summed E-state index contributed by atoms with van der Waals surface area (Å²) in [6.07, 6.45) is 6.22. The molecule has 1 fully saturated rings. The summed E-state index contributed by atoms with van der Waals surface area (Å²) < 4.78 is 0. The van der Waals surface area contributed by atoms with Crippen LogP contribution in [0.15, 0.2) is 6.20 Å². The second-order valence-corrected chi connectivity index (χ2v) is 5.19. The van der Waals surface area contributed by atoms with Crippen LogP contribution in [-0.4, -0.2) is 16.1 Å². The van der Waals surface area contributed by atoms with Gasteiger partial charge in [-0.25, -0.2) is 0 Å². The van der Waals surface area contributed by atoms with Crippen LogP contribution in [0.3, 0.4) is 0 Å². The van der Waals surface area contributed by atoms with Gasteiger partial charge in [0.15, 0.2) is 0 Å². The largest absolute Gasteiger partial charge is 0.352 e. The molecule has 0 spiro atoms. The molecule has 94 valence electrons. The summed E-state index contributed by atoms with van der Waals surface area (Å²) in [6, 6.07) is 0. The molecule has 0 saturated heterocycles. The van der Waals surface area contributed by atoms with Crippen molar-refractivity contribution in [3.8, 4) is 0 Å². The first-order valence-electron chi connectivity index (χ1n) is 6.43. The fourth-order valence-electron chi connectivity index (χ4n) is 2.40. The Hall–Kier alpha value is -1.32. The number of carbonyl (C=O) groups excluding carboxylic acids is 1. The zero-order valence-electron chi connectivity index (χ0n) is 10.6. The van der Waals surface area contributed by atoms with E-state index in [4.69, 9.17) is 0 Å². The molecular weight excluding hydrogens is 214 g/mol. The third kappa shape index (κ3) is 3.08. The summed E-state index contributed by atoms with van der Waals surface area (Å²) in [7, 11) is 0. The van der Waals surface area contributed by atoms with Crippen molar-refractivity contribution in [3.05, 3.63) is 17.5 Å². The van der Waals surface area contributed by atoms with Crippen LogP contribution in [0.5, 0.6) is 0 Å². The summed E-state index contributed by atoms with van der Waals surface area (Å²) in [5.41, 5.74) is 2.10. The molecule has 1 aromatic heterocycles. The van der Waals surface area contributed by atoms with E-state index in [1.54, 1.807) is 6.20 Å². The van der Waals surface area contributed by atoms with E-state index in [1.807, 2.05) is 6.92 Å². The molecule has 0 radical (unpaired) electrons. The molecule has 1 heterocycles. The number of aromatic amines is 1. The molecule has 4 heteroatoms. The van der Waals surface area contributed by atoms with Gasteiger partial charge in [-0.15, -0.1) is 0 Å². The lowest BCUT2D eigenvalue weighted by atomic mass is 9.82. The predicted octanol–water partition coefficient (Wildman–Crippen LogP) is 2.16. The van der Waals surface area contributed by atoms with Gasteiger partial charge in [0.05, 0.1) is 6.20 Å². The third-order valence-electron chi connectivity index (χ3n) is 3.77. The van der Waals surface area contributed by atoms with E-state index in [1.165, 1.54) is 12.8 Å². The maximum atomic E-state index is 12.0. The van der Waals surface area contributed by atoms with Gasteiger partial charge in [0, 0.05) is 23.7 Å². The van der Waals surface area contributed by atoms with Gasteiger partial charge < -0.3 is 5.32 Å². The zero-order chi connectivity index (χ0) is 12.3. The van der Waals surface area contributed by atoms with Crippen LogP contribution in [-0.2, 0) is 11.3 Å². The van der Waals surface area contributed by atoms with Gasteiger partial charge in [0.1, 0.15) is 0 Å². The number of rotatable bonds is 3. The molecule has 1 saturated carbocycles. The van der Waals surface area contributed by atoms with Gasteiger partial charge >= 0.3 is 0 Å². The summed E-state index contributed by atoms with van der Waals surface area (Å²) in [6.45, 7) is 4.83. The van der Waals surface area contributed by atoms with Gasteiger partial charge in [0.2, 0.25) is 5.91 Å². The van der Waals surface area contributed by atoms with Crippen molar-refractivity contribution in [1.29, 1.82) is 0 Å². The topological polar surface area (TPSA) is 57.8 Å². The molecule has 0 aromatic carbocycles. The lowest BCUT2D eigenvalue weighted by Gasteiger charge is -2.25. The van der Waals surface area contributed by atoms with Crippen LogP contribution >= 0.6 is 0 Å². The minimum absolute atomic E-state index is 0.206. The molecule has 0 unspecified atom stereocenters. The zero-order valence-corrected chi connectivity index (χ0v) is 10.6. The van der Waals surface area contributed by atoms with Crippen molar-refractivity contribution < 1.29 is 4.79 Å². The molecule has 4 nitrogen and oxygen atoms in total. The Bertz CT molecular complexity index is 378. The summed E-state index contributed by atoms with van der Waals surface area (Å²) in [5.74, 6) is 1.21. The molecule has 1 aliphatic rings. The molecular formula is C13H21N3O. The molecule has 0 atom stereocenters. The van der Waals surface area contributed by atoms with Gasteiger partial charge in [-0.05, 0) is 38.5 Å². The Kier molecular flexibility index (Phi) is 3.82. The van der Waals surface area contributed by atoms with E-state index in [0.29, 0.717) is 6.54 Å². The van der Waals surface area contributed by atoms with Crippen LogP contribution in [0.2, 0.25) is 0 Å². The molecule has 1 aromatic rings. The number of aryl methyl sites for hydroxylation is 1. The van der Waals surface area contributed by atoms with E-state index in [2.05, 4.69) is 22.4 Å². The minimum atomic E-state index is 0.206. The number of aromatic nitrogens is 2. The number of hydrogen-bond acceptors (Lipinski definition) is 2. The average Bonchev–Trinajstić information content (AvgIpc) is 2.73. The van der Waals surface area contributed by atoms with E-state index >= 15 is 0 Å². The lowest BCUT2D eigenvalue weighted by molar-refractivity contribution is -0.126. The first-order valence-corrected chi connectivity index (χ1v) is 6.43. The number of nitrogens with one attached hydrogen (secondary N) is 2. The van der Waals surface area contributed by atoms with Gasteiger partial charge in [0.25, 0.3) is 0 Å². The van der Waals surface area contributed by atoms with Crippen molar-refractivity contribution in [2.75, 3.05) is 0 Å². The maximum Gasteiger partial charge on any atom is 0.223 e. The molecule has 1 aliphatic carbocycles. The Morgan fingerprint density at radius 1 is 1.47 bits per heavy atom. The van der Waals surface area contributed by atoms with Gasteiger partial charge in [-0.3, -0.25) is 9.89 Å². The third-order valence-corrected chi connectivity index (χ3v) is 3.77. The second-order valence-electron chi connectivity index (χ2n) is 5.19. The maximum absolute atomic E-state index is 12.0. The van der Waals surface area contributed by atoms with E-state index in [0.717, 1.165) is 30.0 Å². The summed E-state index contributed by atoms with van der Waals surface area (Å²) >= 11 is 0.